The maximum atomic E-state index is 12.1. The second-order valence-corrected chi connectivity index (χ2v) is 8.69. The average Bonchev–Trinajstić information content (AvgIpc) is 2.87. The fourth-order valence-electron chi connectivity index (χ4n) is 2.73. The van der Waals surface area contributed by atoms with E-state index in [4.69, 9.17) is 15.2 Å². The maximum Gasteiger partial charge on any atom is 0.268 e. The lowest BCUT2D eigenvalue weighted by Gasteiger charge is -2.40. The molecule has 2 heterocycles. The van der Waals surface area contributed by atoms with Crippen LogP contribution >= 0.6 is 27.7 Å². The molecule has 0 aromatic heterocycles. The first-order valence-electron chi connectivity index (χ1n) is 8.75. The fraction of sp³-hybridized carbons (Fsp3) is 0.750. The molecule has 0 aliphatic carbocycles. The van der Waals surface area contributed by atoms with E-state index < -0.39 is 60.8 Å². The standard InChI is InChI=1S/C16H25BrN2O9S/c1-5(20)9(21)6(18)3-27-16-12(24)11(23)10(22)7(28-16)4-29-13-8(17)14(25)19(2)15(13)26/h5-7,9-12,16,20-24H,3-4,18H2,1-2H3/t5-,6+,7?,9-,10+,11?,12?,16+/m1/s1. The Labute approximate surface area is 179 Å². The Morgan fingerprint density at radius 2 is 1.83 bits per heavy atom. The van der Waals surface area contributed by atoms with Crippen molar-refractivity contribution in [2.45, 2.75) is 55.9 Å². The zero-order valence-corrected chi connectivity index (χ0v) is 18.1. The number of likely N-dealkylation sites (N-methyl/N-ethyl adjacent to an activating group) is 1. The number of halogens is 1. The summed E-state index contributed by atoms with van der Waals surface area (Å²) < 4.78 is 10.9. The summed E-state index contributed by atoms with van der Waals surface area (Å²) in [7, 11) is 1.33. The van der Waals surface area contributed by atoms with Crippen molar-refractivity contribution in [3.8, 4) is 0 Å². The molecule has 0 aromatic rings. The summed E-state index contributed by atoms with van der Waals surface area (Å²) in [6, 6.07) is -0.985. The SMILES string of the molecule is C[C@@H](O)[C@@H](O)[C@@H](N)CO[C@H]1OC(CSC2=C(Br)C(=O)N(C)C2=O)[C@H](O)C(O)C1O. The third-order valence-electron chi connectivity index (χ3n) is 4.64. The van der Waals surface area contributed by atoms with Crippen LogP contribution in [0.3, 0.4) is 0 Å². The molecule has 8 atom stereocenters. The van der Waals surface area contributed by atoms with Gasteiger partial charge >= 0.3 is 0 Å². The van der Waals surface area contributed by atoms with Gasteiger partial charge in [-0.3, -0.25) is 14.5 Å². The van der Waals surface area contributed by atoms with E-state index in [-0.39, 0.29) is 21.7 Å². The maximum absolute atomic E-state index is 12.1. The number of carbonyl (C=O) groups is 2. The number of rotatable bonds is 8. The van der Waals surface area contributed by atoms with Crippen LogP contribution in [0.4, 0.5) is 0 Å². The van der Waals surface area contributed by atoms with Gasteiger partial charge < -0.3 is 40.7 Å². The van der Waals surface area contributed by atoms with Crippen molar-refractivity contribution in [1.29, 1.82) is 0 Å². The average molecular weight is 501 g/mol. The smallest absolute Gasteiger partial charge is 0.268 e. The van der Waals surface area contributed by atoms with Crippen molar-refractivity contribution in [1.82, 2.24) is 4.90 Å². The van der Waals surface area contributed by atoms with Crippen molar-refractivity contribution in [2.75, 3.05) is 19.4 Å². The van der Waals surface area contributed by atoms with Crippen LogP contribution in [0, 0.1) is 0 Å². The molecule has 29 heavy (non-hydrogen) atoms. The van der Waals surface area contributed by atoms with Gasteiger partial charge in [0.25, 0.3) is 11.8 Å². The summed E-state index contributed by atoms with van der Waals surface area (Å²) in [5.74, 6) is -1.03. The summed E-state index contributed by atoms with van der Waals surface area (Å²) in [5.41, 5.74) is 5.70. The van der Waals surface area contributed by atoms with E-state index in [2.05, 4.69) is 15.9 Å². The number of nitrogens with zero attached hydrogens (tertiary/aromatic N) is 1. The molecule has 0 radical (unpaired) electrons. The quantitative estimate of drug-likeness (QED) is 0.189. The molecule has 13 heteroatoms. The van der Waals surface area contributed by atoms with Gasteiger partial charge in [0.1, 0.15) is 22.8 Å². The zero-order chi connectivity index (χ0) is 22.0. The van der Waals surface area contributed by atoms with Crippen molar-refractivity contribution in [3.63, 3.8) is 0 Å². The third kappa shape index (κ3) is 5.36. The van der Waals surface area contributed by atoms with Gasteiger partial charge in [-0.15, -0.1) is 11.8 Å². The summed E-state index contributed by atoms with van der Waals surface area (Å²) in [4.78, 5) is 24.9. The van der Waals surface area contributed by atoms with Crippen LogP contribution in [-0.2, 0) is 19.1 Å². The number of hydrogen-bond donors (Lipinski definition) is 6. The molecule has 2 aliphatic heterocycles. The lowest BCUT2D eigenvalue weighted by molar-refractivity contribution is -0.293. The Kier molecular flexibility index (Phi) is 8.61. The molecule has 11 nitrogen and oxygen atoms in total. The number of nitrogens with two attached hydrogens (primary N) is 1. The molecular formula is C16H25BrN2O9S. The minimum absolute atomic E-state index is 0.0234. The monoisotopic (exact) mass is 500 g/mol. The summed E-state index contributed by atoms with van der Waals surface area (Å²) in [6.45, 7) is 1.05. The van der Waals surface area contributed by atoms with E-state index in [0.717, 1.165) is 16.7 Å². The van der Waals surface area contributed by atoms with Gasteiger partial charge in [-0.25, -0.2) is 0 Å². The second kappa shape index (κ2) is 10.1. The molecule has 0 aromatic carbocycles. The van der Waals surface area contributed by atoms with Gasteiger partial charge in [0.15, 0.2) is 6.29 Å². The van der Waals surface area contributed by atoms with Crippen molar-refractivity contribution in [2.24, 2.45) is 5.73 Å². The third-order valence-corrected chi connectivity index (χ3v) is 6.80. The molecule has 1 fully saturated rings. The van der Waals surface area contributed by atoms with Crippen molar-refractivity contribution >= 4 is 39.5 Å². The Bertz CT molecular complexity index is 664. The van der Waals surface area contributed by atoms with E-state index >= 15 is 0 Å². The number of aliphatic hydroxyl groups excluding tert-OH is 5. The first-order valence-corrected chi connectivity index (χ1v) is 10.5. The molecule has 166 valence electrons. The van der Waals surface area contributed by atoms with Crippen LogP contribution in [0.5, 0.6) is 0 Å². The number of thioether (sulfide) groups is 1. The Balaban J connectivity index is 2.00. The highest BCUT2D eigenvalue weighted by molar-refractivity contribution is 9.12. The lowest BCUT2D eigenvalue weighted by atomic mass is 10.00. The van der Waals surface area contributed by atoms with Crippen LogP contribution in [0.15, 0.2) is 9.39 Å². The van der Waals surface area contributed by atoms with Gasteiger partial charge in [0.2, 0.25) is 0 Å². The van der Waals surface area contributed by atoms with Crippen LogP contribution in [-0.4, -0.2) is 111 Å². The minimum Gasteiger partial charge on any atom is -0.391 e. The molecule has 2 rings (SSSR count). The van der Waals surface area contributed by atoms with E-state index in [0.29, 0.717) is 0 Å². The summed E-state index contributed by atoms with van der Waals surface area (Å²) in [6.07, 6.45) is -9.44. The van der Waals surface area contributed by atoms with E-state index in [9.17, 15) is 35.1 Å². The number of ether oxygens (including phenoxy) is 2. The number of hydrogen-bond acceptors (Lipinski definition) is 11. The molecular weight excluding hydrogens is 476 g/mol. The number of amides is 2. The second-order valence-electron chi connectivity index (χ2n) is 6.87. The Morgan fingerprint density at radius 1 is 1.21 bits per heavy atom. The summed E-state index contributed by atoms with van der Waals surface area (Å²) in [5, 5.41) is 49.4. The zero-order valence-electron chi connectivity index (χ0n) is 15.7. The number of aliphatic hydroxyl groups is 5. The van der Waals surface area contributed by atoms with Crippen LogP contribution in [0.25, 0.3) is 0 Å². The van der Waals surface area contributed by atoms with Gasteiger partial charge in [-0.1, -0.05) is 0 Å². The normalized spacial score (nSPS) is 34.0. The molecule has 0 saturated carbocycles. The molecule has 0 spiro atoms. The lowest BCUT2D eigenvalue weighted by Crippen LogP contribution is -2.59. The molecule has 2 amide bonds. The highest BCUT2D eigenvalue weighted by Gasteiger charge is 2.45. The first kappa shape index (κ1) is 24.7. The van der Waals surface area contributed by atoms with E-state index in [1.807, 2.05) is 0 Å². The molecule has 2 aliphatic rings. The van der Waals surface area contributed by atoms with Crippen LogP contribution in [0.1, 0.15) is 6.92 Å². The first-order chi connectivity index (χ1) is 13.5. The largest absolute Gasteiger partial charge is 0.391 e. The van der Waals surface area contributed by atoms with Crippen LogP contribution < -0.4 is 5.73 Å². The van der Waals surface area contributed by atoms with Gasteiger partial charge in [0, 0.05) is 12.8 Å². The Hall–Kier alpha value is -0.610. The van der Waals surface area contributed by atoms with Crippen LogP contribution in [0.2, 0.25) is 0 Å². The molecule has 3 unspecified atom stereocenters. The molecule has 1 saturated heterocycles. The van der Waals surface area contributed by atoms with Crippen molar-refractivity contribution < 1.29 is 44.6 Å². The number of carbonyl (C=O) groups excluding carboxylic acids is 2. The molecule has 0 bridgehead atoms. The van der Waals surface area contributed by atoms with Crippen molar-refractivity contribution in [3.05, 3.63) is 9.39 Å². The van der Waals surface area contributed by atoms with Gasteiger partial charge in [-0.05, 0) is 22.9 Å². The van der Waals surface area contributed by atoms with E-state index in [1.54, 1.807) is 0 Å². The fourth-order valence-corrected chi connectivity index (χ4v) is 4.59. The highest BCUT2D eigenvalue weighted by atomic mass is 79.9. The predicted octanol–water partition coefficient (Wildman–Crippen LogP) is -2.78. The van der Waals surface area contributed by atoms with Gasteiger partial charge in [-0.2, -0.15) is 0 Å². The van der Waals surface area contributed by atoms with E-state index in [1.165, 1.54) is 14.0 Å². The number of imide groups is 1. The Morgan fingerprint density at radius 3 is 2.34 bits per heavy atom. The highest BCUT2D eigenvalue weighted by Crippen LogP contribution is 2.35. The molecule has 7 N–H and O–H groups in total. The summed E-state index contributed by atoms with van der Waals surface area (Å²) >= 11 is 4.01. The minimum atomic E-state index is -1.60. The van der Waals surface area contributed by atoms with Gasteiger partial charge in [0.05, 0.1) is 35.9 Å². The topological polar surface area (TPSA) is 183 Å². The predicted molar refractivity (Wildman–Crippen MR) is 104 cm³/mol.